The van der Waals surface area contributed by atoms with E-state index in [4.69, 9.17) is 4.74 Å². The number of hydrogen-bond acceptors (Lipinski definition) is 4. The fourth-order valence-corrected chi connectivity index (χ4v) is 3.91. The van der Waals surface area contributed by atoms with Crippen molar-refractivity contribution in [3.8, 4) is 5.75 Å². The number of para-hydroxylation sites is 2. The number of hydrogen-bond donors (Lipinski definition) is 1. The molecule has 0 saturated heterocycles. The van der Waals surface area contributed by atoms with Gasteiger partial charge in [0, 0.05) is 19.5 Å². The third kappa shape index (κ3) is 6.27. The molecular formula is C21H28N2O4S. The van der Waals surface area contributed by atoms with Crippen LogP contribution in [0.25, 0.3) is 0 Å². The molecule has 6 nitrogen and oxygen atoms in total. The van der Waals surface area contributed by atoms with Crippen LogP contribution in [0.4, 0.5) is 5.69 Å². The van der Waals surface area contributed by atoms with E-state index in [2.05, 4.69) is 12.2 Å². The summed E-state index contributed by atoms with van der Waals surface area (Å²) in [7, 11) is -1.99. The molecule has 0 bridgehead atoms. The van der Waals surface area contributed by atoms with Gasteiger partial charge in [-0.25, -0.2) is 8.42 Å². The first-order valence-corrected chi connectivity index (χ1v) is 11.1. The number of nitrogens with zero attached hydrogens (tertiary/aromatic N) is 1. The molecule has 1 atom stereocenters. The number of ether oxygens (including phenoxy) is 1. The molecule has 2 aromatic carbocycles. The quantitative estimate of drug-likeness (QED) is 0.660. The van der Waals surface area contributed by atoms with Gasteiger partial charge in [0.05, 0.1) is 19.1 Å². The van der Waals surface area contributed by atoms with Gasteiger partial charge < -0.3 is 10.1 Å². The van der Waals surface area contributed by atoms with Crippen LogP contribution >= 0.6 is 0 Å². The summed E-state index contributed by atoms with van der Waals surface area (Å²) in [5.41, 5.74) is 1.65. The average Bonchev–Trinajstić information content (AvgIpc) is 2.69. The van der Waals surface area contributed by atoms with Crippen LogP contribution in [0.5, 0.6) is 5.75 Å². The molecule has 0 fully saturated rings. The first-order valence-electron chi connectivity index (χ1n) is 9.25. The van der Waals surface area contributed by atoms with Crippen molar-refractivity contribution in [1.29, 1.82) is 0 Å². The number of carbonyl (C=O) groups is 1. The van der Waals surface area contributed by atoms with Crippen LogP contribution in [0, 0.1) is 0 Å². The summed E-state index contributed by atoms with van der Waals surface area (Å²) in [6, 6.07) is 16.9. The van der Waals surface area contributed by atoms with Crippen LogP contribution in [0.2, 0.25) is 0 Å². The predicted molar refractivity (Wildman–Crippen MR) is 112 cm³/mol. The highest BCUT2D eigenvalue weighted by Gasteiger charge is 2.20. The lowest BCUT2D eigenvalue weighted by atomic mass is 10.0. The normalized spacial score (nSPS) is 12.2. The van der Waals surface area contributed by atoms with Gasteiger partial charge in [0.2, 0.25) is 15.9 Å². The molecule has 0 spiro atoms. The number of methoxy groups -OCH3 is 1. The maximum atomic E-state index is 12.2. The Morgan fingerprint density at radius 2 is 1.75 bits per heavy atom. The van der Waals surface area contributed by atoms with E-state index in [1.165, 1.54) is 17.0 Å². The number of amides is 1. The summed E-state index contributed by atoms with van der Waals surface area (Å²) in [6.45, 7) is 2.81. The van der Waals surface area contributed by atoms with Crippen LogP contribution in [-0.4, -0.2) is 40.8 Å². The van der Waals surface area contributed by atoms with Crippen LogP contribution < -0.4 is 14.4 Å². The summed E-state index contributed by atoms with van der Waals surface area (Å²) in [5.74, 6) is 0.608. The molecule has 0 unspecified atom stereocenters. The third-order valence-corrected chi connectivity index (χ3v) is 5.67. The third-order valence-electron chi connectivity index (χ3n) is 4.49. The maximum Gasteiger partial charge on any atom is 0.232 e. The van der Waals surface area contributed by atoms with Gasteiger partial charge in [0.25, 0.3) is 0 Å². The predicted octanol–water partition coefficient (Wildman–Crippen LogP) is 3.16. The molecule has 0 aromatic heterocycles. The van der Waals surface area contributed by atoms with Crippen molar-refractivity contribution in [1.82, 2.24) is 5.32 Å². The van der Waals surface area contributed by atoms with E-state index >= 15 is 0 Å². The van der Waals surface area contributed by atoms with Crippen molar-refractivity contribution >= 4 is 21.6 Å². The van der Waals surface area contributed by atoms with Crippen molar-refractivity contribution < 1.29 is 17.9 Å². The SMILES string of the molecule is COc1ccccc1N(CCCC(=O)NC[C@H](C)c1ccccc1)S(C)(=O)=O. The highest BCUT2D eigenvalue weighted by Crippen LogP contribution is 2.29. The molecule has 2 aromatic rings. The van der Waals surface area contributed by atoms with Gasteiger partial charge in [-0.3, -0.25) is 9.10 Å². The van der Waals surface area contributed by atoms with Crippen molar-refractivity contribution in [2.24, 2.45) is 0 Å². The molecule has 0 radical (unpaired) electrons. The zero-order valence-corrected chi connectivity index (χ0v) is 17.4. The maximum absolute atomic E-state index is 12.2. The standard InChI is InChI=1S/C21H28N2O4S/c1-17(18-10-5-4-6-11-18)16-22-21(24)14-9-15-23(28(3,25)26)19-12-7-8-13-20(19)27-2/h4-8,10-13,17H,9,14-16H2,1-3H3,(H,22,24)/t17-/m0/s1. The number of sulfonamides is 1. The molecule has 0 aliphatic heterocycles. The molecule has 0 aliphatic rings. The summed E-state index contributed by atoms with van der Waals surface area (Å²) < 4.78 is 31.0. The number of nitrogens with one attached hydrogen (secondary N) is 1. The van der Waals surface area contributed by atoms with E-state index in [1.54, 1.807) is 24.3 Å². The van der Waals surface area contributed by atoms with Crippen LogP contribution in [0.1, 0.15) is 31.2 Å². The summed E-state index contributed by atoms with van der Waals surface area (Å²) in [5, 5.41) is 2.92. The molecule has 28 heavy (non-hydrogen) atoms. The van der Waals surface area contributed by atoms with Crippen molar-refractivity contribution in [3.63, 3.8) is 0 Å². The lowest BCUT2D eigenvalue weighted by molar-refractivity contribution is -0.121. The van der Waals surface area contributed by atoms with Crippen molar-refractivity contribution in [2.75, 3.05) is 30.8 Å². The molecule has 7 heteroatoms. The van der Waals surface area contributed by atoms with E-state index in [1.807, 2.05) is 30.3 Å². The number of benzene rings is 2. The molecule has 152 valence electrons. The minimum Gasteiger partial charge on any atom is -0.495 e. The molecular weight excluding hydrogens is 376 g/mol. The molecule has 0 saturated carbocycles. The fourth-order valence-electron chi connectivity index (χ4n) is 2.94. The van der Waals surface area contributed by atoms with E-state index in [9.17, 15) is 13.2 Å². The van der Waals surface area contributed by atoms with Crippen LogP contribution in [-0.2, 0) is 14.8 Å². The van der Waals surface area contributed by atoms with Gasteiger partial charge in [-0.15, -0.1) is 0 Å². The minimum atomic E-state index is -3.49. The summed E-state index contributed by atoms with van der Waals surface area (Å²) in [6.07, 6.45) is 1.82. The number of anilines is 1. The molecule has 0 aliphatic carbocycles. The second-order valence-corrected chi connectivity index (χ2v) is 8.63. The Bertz CT molecular complexity index is 869. The van der Waals surface area contributed by atoms with Gasteiger partial charge in [0.15, 0.2) is 0 Å². The second-order valence-electron chi connectivity index (χ2n) is 6.73. The Kier molecular flexibility index (Phi) is 7.87. The van der Waals surface area contributed by atoms with E-state index in [0.717, 1.165) is 6.26 Å². The lowest BCUT2D eigenvalue weighted by Gasteiger charge is -2.24. The molecule has 0 heterocycles. The zero-order chi connectivity index (χ0) is 20.6. The number of rotatable bonds is 10. The Morgan fingerprint density at radius 1 is 1.11 bits per heavy atom. The van der Waals surface area contributed by atoms with Gasteiger partial charge in [-0.1, -0.05) is 49.4 Å². The van der Waals surface area contributed by atoms with Crippen molar-refractivity contribution in [3.05, 3.63) is 60.2 Å². The minimum absolute atomic E-state index is 0.0868. The van der Waals surface area contributed by atoms with E-state index in [0.29, 0.717) is 24.4 Å². The first-order chi connectivity index (χ1) is 13.3. The van der Waals surface area contributed by atoms with E-state index in [-0.39, 0.29) is 24.8 Å². The van der Waals surface area contributed by atoms with Gasteiger partial charge in [-0.2, -0.15) is 0 Å². The van der Waals surface area contributed by atoms with Gasteiger partial charge >= 0.3 is 0 Å². The zero-order valence-electron chi connectivity index (χ0n) is 16.6. The Morgan fingerprint density at radius 3 is 2.39 bits per heavy atom. The largest absolute Gasteiger partial charge is 0.495 e. The highest BCUT2D eigenvalue weighted by atomic mass is 32.2. The highest BCUT2D eigenvalue weighted by molar-refractivity contribution is 7.92. The molecule has 1 N–H and O–H groups in total. The Hall–Kier alpha value is -2.54. The van der Waals surface area contributed by atoms with Crippen LogP contribution in [0.15, 0.2) is 54.6 Å². The van der Waals surface area contributed by atoms with Crippen molar-refractivity contribution in [2.45, 2.75) is 25.7 Å². The lowest BCUT2D eigenvalue weighted by Crippen LogP contribution is -2.33. The summed E-state index contributed by atoms with van der Waals surface area (Å²) >= 11 is 0. The Balaban J connectivity index is 1.89. The van der Waals surface area contributed by atoms with E-state index < -0.39 is 10.0 Å². The Labute approximate surface area is 167 Å². The molecule has 2 rings (SSSR count). The average molecular weight is 405 g/mol. The van der Waals surface area contributed by atoms with Gasteiger partial charge in [-0.05, 0) is 30.0 Å². The number of carbonyl (C=O) groups excluding carboxylic acids is 1. The topological polar surface area (TPSA) is 75.7 Å². The monoisotopic (exact) mass is 404 g/mol. The van der Waals surface area contributed by atoms with Crippen LogP contribution in [0.3, 0.4) is 0 Å². The first kappa shape index (κ1) is 21.8. The fraction of sp³-hybridized carbons (Fsp3) is 0.381. The smallest absolute Gasteiger partial charge is 0.232 e. The molecule has 1 amide bonds. The second kappa shape index (κ2) is 10.1. The van der Waals surface area contributed by atoms with Gasteiger partial charge in [0.1, 0.15) is 5.75 Å². The summed E-state index contributed by atoms with van der Waals surface area (Å²) in [4.78, 5) is 12.2.